The Morgan fingerprint density at radius 3 is 2.43 bits per heavy atom. The standard InChI is InChI=1S/C24H22F3N3O4S/c25-15-8-13(9-16(26)20(15)27)17-10-30(29-28-17)21-22(32)18(11-31)34-24(23(21)33)35-19-7-3-5-12-4-1-2-6-14(12)19/h1-10,18,21-24,28-29,31-33H,11H2/t18?,21?,22-,23-,24+/m0/s1. The lowest BCUT2D eigenvalue weighted by atomic mass is 9.97. The van der Waals surface area contributed by atoms with Crippen LogP contribution in [-0.2, 0) is 4.74 Å². The zero-order chi connectivity index (χ0) is 24.7. The van der Waals surface area contributed by atoms with Crippen LogP contribution in [0, 0.1) is 17.5 Å². The number of hydrogen-bond acceptors (Lipinski definition) is 8. The molecule has 2 unspecified atom stereocenters. The molecule has 11 heteroatoms. The molecule has 0 saturated carbocycles. The highest BCUT2D eigenvalue weighted by Crippen LogP contribution is 2.38. The maximum atomic E-state index is 13.7. The zero-order valence-corrected chi connectivity index (χ0v) is 18.9. The van der Waals surface area contributed by atoms with Gasteiger partial charge in [-0.3, -0.25) is 5.01 Å². The first-order valence-electron chi connectivity index (χ1n) is 10.8. The van der Waals surface area contributed by atoms with E-state index in [-0.39, 0.29) is 11.3 Å². The highest BCUT2D eigenvalue weighted by molar-refractivity contribution is 8.00. The van der Waals surface area contributed by atoms with Gasteiger partial charge in [0.2, 0.25) is 0 Å². The van der Waals surface area contributed by atoms with E-state index in [2.05, 4.69) is 11.0 Å². The number of thioether (sulfide) groups is 1. The third kappa shape index (κ3) is 4.46. The first-order valence-corrected chi connectivity index (χ1v) is 11.7. The van der Waals surface area contributed by atoms with Gasteiger partial charge >= 0.3 is 0 Å². The van der Waals surface area contributed by atoms with Crippen LogP contribution in [0.25, 0.3) is 16.5 Å². The molecule has 5 N–H and O–H groups in total. The molecule has 5 rings (SSSR count). The van der Waals surface area contributed by atoms with Crippen molar-refractivity contribution in [2.45, 2.75) is 34.7 Å². The van der Waals surface area contributed by atoms with Gasteiger partial charge in [-0.05, 0) is 29.0 Å². The Labute approximate surface area is 202 Å². The Hall–Kier alpha value is -2.80. The fourth-order valence-electron chi connectivity index (χ4n) is 4.26. The third-order valence-corrected chi connectivity index (χ3v) is 7.28. The molecule has 2 heterocycles. The summed E-state index contributed by atoms with van der Waals surface area (Å²) in [6.07, 6.45) is -2.17. The monoisotopic (exact) mass is 505 g/mol. The average Bonchev–Trinajstić information content (AvgIpc) is 3.34. The Bertz CT molecular complexity index is 1250. The number of hydrogen-bond donors (Lipinski definition) is 5. The molecule has 2 aliphatic rings. The topological polar surface area (TPSA) is 97.2 Å². The molecule has 3 aromatic rings. The number of halogens is 3. The lowest BCUT2D eigenvalue weighted by molar-refractivity contribution is -0.189. The van der Waals surface area contributed by atoms with Crippen molar-refractivity contribution in [2.24, 2.45) is 0 Å². The van der Waals surface area contributed by atoms with Crippen molar-refractivity contribution in [3.63, 3.8) is 0 Å². The summed E-state index contributed by atoms with van der Waals surface area (Å²) in [4.78, 5) is 0.847. The number of benzene rings is 3. The van der Waals surface area contributed by atoms with Gasteiger partial charge in [-0.2, -0.15) is 0 Å². The van der Waals surface area contributed by atoms with Crippen molar-refractivity contribution in [2.75, 3.05) is 6.61 Å². The molecular formula is C24H22F3N3O4S. The van der Waals surface area contributed by atoms with Crippen molar-refractivity contribution in [1.82, 2.24) is 16.0 Å². The van der Waals surface area contributed by atoms with Gasteiger partial charge in [-0.15, -0.1) is 5.53 Å². The molecule has 1 fully saturated rings. The predicted molar refractivity (Wildman–Crippen MR) is 124 cm³/mol. The van der Waals surface area contributed by atoms with E-state index >= 15 is 0 Å². The molecule has 0 radical (unpaired) electrons. The van der Waals surface area contributed by atoms with Crippen molar-refractivity contribution in [3.8, 4) is 0 Å². The van der Waals surface area contributed by atoms with Crippen molar-refractivity contribution in [1.29, 1.82) is 0 Å². The van der Waals surface area contributed by atoms with E-state index in [4.69, 9.17) is 4.74 Å². The van der Waals surface area contributed by atoms with Gasteiger partial charge in [-0.1, -0.05) is 48.2 Å². The maximum absolute atomic E-state index is 13.7. The SMILES string of the molecule is OCC1O[C@H](Sc2cccc3ccccc23)[C@@H](O)C(N2C=C(c3cc(F)c(F)c(F)c3)NN2)[C@H]1O. The fraction of sp³-hybridized carbons (Fsp3) is 0.250. The summed E-state index contributed by atoms with van der Waals surface area (Å²) in [5, 5.41) is 35.2. The van der Waals surface area contributed by atoms with Crippen LogP contribution in [-0.4, -0.2) is 56.7 Å². The summed E-state index contributed by atoms with van der Waals surface area (Å²) in [6.45, 7) is -0.497. The molecule has 2 aliphatic heterocycles. The van der Waals surface area contributed by atoms with Crippen LogP contribution >= 0.6 is 11.8 Å². The van der Waals surface area contributed by atoms with Gasteiger partial charge in [-0.25, -0.2) is 13.2 Å². The molecule has 35 heavy (non-hydrogen) atoms. The van der Waals surface area contributed by atoms with Crippen LogP contribution in [0.15, 0.2) is 65.7 Å². The van der Waals surface area contributed by atoms with Gasteiger partial charge in [0, 0.05) is 16.7 Å². The number of ether oxygens (including phenoxy) is 1. The van der Waals surface area contributed by atoms with Gasteiger partial charge < -0.3 is 25.5 Å². The first kappa shape index (κ1) is 23.9. The Kier molecular flexibility index (Phi) is 6.62. The predicted octanol–water partition coefficient (Wildman–Crippen LogP) is 2.48. The van der Waals surface area contributed by atoms with Crippen LogP contribution in [0.1, 0.15) is 5.56 Å². The normalized spacial score (nSPS) is 26.6. The van der Waals surface area contributed by atoms with Gasteiger partial charge in [0.1, 0.15) is 29.8 Å². The largest absolute Gasteiger partial charge is 0.394 e. The molecule has 0 amide bonds. The molecule has 0 aromatic heterocycles. The molecule has 3 aromatic carbocycles. The van der Waals surface area contributed by atoms with Crippen LogP contribution in [0.5, 0.6) is 0 Å². The van der Waals surface area contributed by atoms with Gasteiger partial charge in [0.05, 0.1) is 12.3 Å². The van der Waals surface area contributed by atoms with Crippen molar-refractivity contribution in [3.05, 3.63) is 83.8 Å². The molecule has 5 atom stereocenters. The van der Waals surface area contributed by atoms with Crippen LogP contribution in [0.3, 0.4) is 0 Å². The number of fused-ring (bicyclic) bond motifs is 1. The second-order valence-electron chi connectivity index (χ2n) is 8.23. The Balaban J connectivity index is 1.43. The molecule has 1 saturated heterocycles. The van der Waals surface area contributed by atoms with E-state index < -0.39 is 53.8 Å². The summed E-state index contributed by atoms with van der Waals surface area (Å²) in [6, 6.07) is 14.1. The van der Waals surface area contributed by atoms with E-state index in [1.165, 1.54) is 23.0 Å². The number of aliphatic hydroxyl groups excluding tert-OH is 3. The minimum absolute atomic E-state index is 0.0211. The zero-order valence-electron chi connectivity index (χ0n) is 18.1. The van der Waals surface area contributed by atoms with E-state index in [0.29, 0.717) is 0 Å². The first-order chi connectivity index (χ1) is 16.9. The highest BCUT2D eigenvalue weighted by atomic mass is 32.2. The van der Waals surface area contributed by atoms with Crippen LogP contribution < -0.4 is 11.0 Å². The maximum Gasteiger partial charge on any atom is 0.194 e. The summed E-state index contributed by atoms with van der Waals surface area (Å²) in [7, 11) is 0. The van der Waals surface area contributed by atoms with Crippen molar-refractivity contribution >= 4 is 28.2 Å². The van der Waals surface area contributed by atoms with Crippen LogP contribution in [0.2, 0.25) is 0 Å². The molecular weight excluding hydrogens is 483 g/mol. The number of aliphatic hydroxyl groups is 3. The summed E-state index contributed by atoms with van der Waals surface area (Å²) in [5.41, 5.74) is 4.79. The number of nitrogens with zero attached hydrogens (tertiary/aromatic N) is 1. The second-order valence-corrected chi connectivity index (χ2v) is 9.37. The molecule has 0 aliphatic carbocycles. The summed E-state index contributed by atoms with van der Waals surface area (Å²) >= 11 is 1.26. The van der Waals surface area contributed by atoms with Gasteiger partial charge in [0.25, 0.3) is 0 Å². The molecule has 184 valence electrons. The second kappa shape index (κ2) is 9.69. The Morgan fingerprint density at radius 1 is 0.971 bits per heavy atom. The quantitative estimate of drug-likeness (QED) is 0.338. The summed E-state index contributed by atoms with van der Waals surface area (Å²) < 4.78 is 46.6. The minimum atomic E-state index is -1.58. The minimum Gasteiger partial charge on any atom is -0.394 e. The summed E-state index contributed by atoms with van der Waals surface area (Å²) in [5.74, 6) is -4.27. The van der Waals surface area contributed by atoms with E-state index in [1.807, 2.05) is 42.5 Å². The number of hydrazine groups is 2. The number of nitrogens with one attached hydrogen (secondary N) is 2. The lowest BCUT2D eigenvalue weighted by Crippen LogP contribution is -2.65. The third-order valence-electron chi connectivity index (χ3n) is 6.05. The smallest absolute Gasteiger partial charge is 0.194 e. The van der Waals surface area contributed by atoms with E-state index in [1.54, 1.807) is 0 Å². The Morgan fingerprint density at radius 2 is 1.69 bits per heavy atom. The van der Waals surface area contributed by atoms with E-state index in [9.17, 15) is 28.5 Å². The van der Waals surface area contributed by atoms with Gasteiger partial charge in [0.15, 0.2) is 17.5 Å². The average molecular weight is 506 g/mol. The molecule has 7 nitrogen and oxygen atoms in total. The number of rotatable bonds is 5. The molecule has 0 spiro atoms. The molecule has 0 bridgehead atoms. The fourth-order valence-corrected chi connectivity index (χ4v) is 5.48. The lowest BCUT2D eigenvalue weighted by Gasteiger charge is -2.45. The van der Waals surface area contributed by atoms with Crippen LogP contribution in [0.4, 0.5) is 13.2 Å². The van der Waals surface area contributed by atoms with E-state index in [0.717, 1.165) is 27.8 Å². The van der Waals surface area contributed by atoms with Crippen molar-refractivity contribution < 1.29 is 33.2 Å². The highest BCUT2D eigenvalue weighted by Gasteiger charge is 2.48.